The number of rotatable bonds is 5. The molecule has 0 saturated heterocycles. The summed E-state index contributed by atoms with van der Waals surface area (Å²) in [6.07, 6.45) is 3.54. The molecule has 128 valence electrons. The van der Waals surface area contributed by atoms with E-state index in [1.807, 2.05) is 31.3 Å². The number of hydrogen-bond donors (Lipinski definition) is 1. The largest absolute Gasteiger partial charge is 0.491 e. The van der Waals surface area contributed by atoms with Crippen molar-refractivity contribution < 1.29 is 9.53 Å². The molecule has 1 aromatic heterocycles. The molecule has 3 aromatic rings. The summed E-state index contributed by atoms with van der Waals surface area (Å²) < 4.78 is 8.01. The van der Waals surface area contributed by atoms with Crippen LogP contribution < -0.4 is 10.1 Å². The van der Waals surface area contributed by atoms with Gasteiger partial charge in [0.25, 0.3) is 5.91 Å². The number of carbonyl (C=O) groups is 1. The Morgan fingerprint density at radius 1 is 1.32 bits per heavy atom. The van der Waals surface area contributed by atoms with Crippen LogP contribution in [-0.4, -0.2) is 22.3 Å². The Bertz CT molecular complexity index is 880. The highest BCUT2D eigenvalue weighted by molar-refractivity contribution is 9.10. The molecule has 0 bridgehead atoms. The lowest BCUT2D eigenvalue weighted by Gasteiger charge is -2.14. The molecule has 1 N–H and O–H groups in total. The minimum Gasteiger partial charge on any atom is -0.491 e. The maximum absolute atomic E-state index is 12.5. The number of nitrogens with one attached hydrogen (secondary N) is 1. The second-order valence-corrected chi connectivity index (χ2v) is 6.44. The van der Waals surface area contributed by atoms with Crippen LogP contribution in [0.5, 0.6) is 5.75 Å². The van der Waals surface area contributed by atoms with Crippen LogP contribution in [0.15, 0.2) is 59.3 Å². The normalized spacial score (nSPS) is 10.5. The van der Waals surface area contributed by atoms with Crippen molar-refractivity contribution in [3.8, 4) is 11.4 Å². The zero-order valence-corrected chi connectivity index (χ0v) is 15.7. The molecule has 0 aliphatic rings. The second kappa shape index (κ2) is 7.72. The van der Waals surface area contributed by atoms with E-state index < -0.39 is 0 Å². The number of halogens is 2. The molecule has 25 heavy (non-hydrogen) atoms. The van der Waals surface area contributed by atoms with Crippen LogP contribution in [-0.2, 0) is 0 Å². The lowest BCUT2D eigenvalue weighted by molar-refractivity contribution is 0.102. The standard InChI is InChI=1S/C18H15BrClN3O2/c1-2-25-17-15(19)10-13(20)11-16(17)22-18(24)12-4-6-14(7-5-12)23-9-3-8-21-23/h3-11H,2H2,1H3,(H,22,24). The third kappa shape index (κ3) is 4.03. The van der Waals surface area contributed by atoms with Gasteiger partial charge in [-0.15, -0.1) is 0 Å². The van der Waals surface area contributed by atoms with E-state index in [1.54, 1.807) is 35.1 Å². The highest BCUT2D eigenvalue weighted by atomic mass is 79.9. The summed E-state index contributed by atoms with van der Waals surface area (Å²) in [7, 11) is 0. The minimum absolute atomic E-state index is 0.248. The van der Waals surface area contributed by atoms with Crippen molar-refractivity contribution in [2.75, 3.05) is 11.9 Å². The summed E-state index contributed by atoms with van der Waals surface area (Å²) in [5, 5.41) is 7.51. The predicted molar refractivity (Wildman–Crippen MR) is 102 cm³/mol. The van der Waals surface area contributed by atoms with Gasteiger partial charge in [-0.05, 0) is 65.3 Å². The molecule has 0 fully saturated rings. The average molecular weight is 421 g/mol. The van der Waals surface area contributed by atoms with Crippen LogP contribution in [0.4, 0.5) is 5.69 Å². The molecule has 5 nitrogen and oxygen atoms in total. The van der Waals surface area contributed by atoms with Gasteiger partial charge in [0, 0.05) is 23.0 Å². The first-order valence-corrected chi connectivity index (χ1v) is 8.79. The van der Waals surface area contributed by atoms with Crippen LogP contribution in [0.1, 0.15) is 17.3 Å². The molecule has 0 spiro atoms. The van der Waals surface area contributed by atoms with E-state index in [2.05, 4.69) is 26.3 Å². The van der Waals surface area contributed by atoms with Gasteiger partial charge in [0.1, 0.15) is 0 Å². The van der Waals surface area contributed by atoms with Crippen molar-refractivity contribution in [2.24, 2.45) is 0 Å². The molecule has 0 aliphatic heterocycles. The van der Waals surface area contributed by atoms with Gasteiger partial charge < -0.3 is 10.1 Å². The fraction of sp³-hybridized carbons (Fsp3) is 0.111. The summed E-state index contributed by atoms with van der Waals surface area (Å²) in [4.78, 5) is 12.5. The molecule has 0 aliphatic carbocycles. The second-order valence-electron chi connectivity index (χ2n) is 5.15. The van der Waals surface area contributed by atoms with E-state index in [0.717, 1.165) is 5.69 Å². The first-order chi connectivity index (χ1) is 12.1. The molecule has 0 saturated carbocycles. The quantitative estimate of drug-likeness (QED) is 0.636. The van der Waals surface area contributed by atoms with E-state index in [9.17, 15) is 4.79 Å². The molecule has 0 unspecified atom stereocenters. The zero-order valence-electron chi connectivity index (χ0n) is 13.4. The van der Waals surface area contributed by atoms with Crippen molar-refractivity contribution in [3.63, 3.8) is 0 Å². The van der Waals surface area contributed by atoms with Crippen LogP contribution in [0.25, 0.3) is 5.69 Å². The van der Waals surface area contributed by atoms with Crippen molar-refractivity contribution in [3.05, 3.63) is 69.9 Å². The monoisotopic (exact) mass is 419 g/mol. The van der Waals surface area contributed by atoms with Gasteiger partial charge in [0.05, 0.1) is 22.5 Å². The number of ether oxygens (including phenoxy) is 1. The molecule has 1 heterocycles. The Balaban J connectivity index is 1.83. The van der Waals surface area contributed by atoms with Crippen LogP contribution >= 0.6 is 27.5 Å². The number of nitrogens with zero attached hydrogens (tertiary/aromatic N) is 2. The lowest BCUT2D eigenvalue weighted by Crippen LogP contribution is -2.13. The van der Waals surface area contributed by atoms with Gasteiger partial charge in [-0.1, -0.05) is 11.6 Å². The highest BCUT2D eigenvalue weighted by Gasteiger charge is 2.14. The van der Waals surface area contributed by atoms with Crippen LogP contribution in [0, 0.1) is 0 Å². The van der Waals surface area contributed by atoms with E-state index in [1.165, 1.54) is 0 Å². The van der Waals surface area contributed by atoms with Gasteiger partial charge in [-0.25, -0.2) is 4.68 Å². The predicted octanol–water partition coefficient (Wildman–Crippen LogP) is 4.94. The van der Waals surface area contributed by atoms with Gasteiger partial charge >= 0.3 is 0 Å². The Hall–Kier alpha value is -2.31. The SMILES string of the molecule is CCOc1c(Br)cc(Cl)cc1NC(=O)c1ccc(-n2cccn2)cc1. The van der Waals surface area contributed by atoms with E-state index in [4.69, 9.17) is 16.3 Å². The fourth-order valence-electron chi connectivity index (χ4n) is 2.33. The van der Waals surface area contributed by atoms with Crippen LogP contribution in [0.3, 0.4) is 0 Å². The Kier molecular flexibility index (Phi) is 5.40. The molecule has 2 aromatic carbocycles. The summed E-state index contributed by atoms with van der Waals surface area (Å²) in [6.45, 7) is 2.35. The molecule has 0 radical (unpaired) electrons. The topological polar surface area (TPSA) is 56.1 Å². The zero-order chi connectivity index (χ0) is 17.8. The Labute approximate surface area is 158 Å². The average Bonchev–Trinajstić information content (AvgIpc) is 3.12. The maximum atomic E-state index is 12.5. The molecule has 7 heteroatoms. The minimum atomic E-state index is -0.248. The van der Waals surface area contributed by atoms with Gasteiger partial charge in [-0.2, -0.15) is 5.10 Å². The summed E-state index contributed by atoms with van der Waals surface area (Å²) in [6, 6.07) is 12.4. The van der Waals surface area contributed by atoms with Gasteiger partial charge in [0.2, 0.25) is 0 Å². The smallest absolute Gasteiger partial charge is 0.255 e. The van der Waals surface area contributed by atoms with Crippen molar-refractivity contribution in [1.29, 1.82) is 0 Å². The van der Waals surface area contributed by atoms with E-state index in [0.29, 0.717) is 33.1 Å². The van der Waals surface area contributed by atoms with Crippen molar-refractivity contribution in [1.82, 2.24) is 9.78 Å². The molecular formula is C18H15BrClN3O2. The van der Waals surface area contributed by atoms with E-state index >= 15 is 0 Å². The molecule has 3 rings (SSSR count). The molecule has 0 atom stereocenters. The number of anilines is 1. The fourth-order valence-corrected chi connectivity index (χ4v) is 3.25. The number of amides is 1. The third-order valence-electron chi connectivity index (χ3n) is 3.44. The summed E-state index contributed by atoms with van der Waals surface area (Å²) >= 11 is 9.49. The number of benzene rings is 2. The Morgan fingerprint density at radius 2 is 2.08 bits per heavy atom. The van der Waals surface area contributed by atoms with E-state index in [-0.39, 0.29) is 5.91 Å². The Morgan fingerprint density at radius 3 is 2.72 bits per heavy atom. The van der Waals surface area contributed by atoms with Gasteiger partial charge in [-0.3, -0.25) is 4.79 Å². The number of aromatic nitrogens is 2. The highest BCUT2D eigenvalue weighted by Crippen LogP contribution is 2.36. The maximum Gasteiger partial charge on any atom is 0.255 e. The third-order valence-corrected chi connectivity index (χ3v) is 4.25. The molecule has 1 amide bonds. The number of hydrogen-bond acceptors (Lipinski definition) is 3. The van der Waals surface area contributed by atoms with Crippen molar-refractivity contribution in [2.45, 2.75) is 6.92 Å². The first-order valence-electron chi connectivity index (χ1n) is 7.61. The summed E-state index contributed by atoms with van der Waals surface area (Å²) in [5.41, 5.74) is 1.92. The molecular weight excluding hydrogens is 406 g/mol. The lowest BCUT2D eigenvalue weighted by atomic mass is 10.2. The van der Waals surface area contributed by atoms with Crippen LogP contribution in [0.2, 0.25) is 5.02 Å². The van der Waals surface area contributed by atoms with Gasteiger partial charge in [0.15, 0.2) is 5.75 Å². The first kappa shape index (κ1) is 17.5. The van der Waals surface area contributed by atoms with Crippen molar-refractivity contribution >= 4 is 39.1 Å². The summed E-state index contributed by atoms with van der Waals surface area (Å²) in [5.74, 6) is 0.301. The number of carbonyl (C=O) groups excluding carboxylic acids is 1.